The Morgan fingerprint density at radius 1 is 1.47 bits per heavy atom. The normalized spacial score (nSPS) is 14.6. The van der Waals surface area contributed by atoms with Crippen molar-refractivity contribution in [2.45, 2.75) is 42.4 Å². The van der Waals surface area contributed by atoms with Gasteiger partial charge in [0.05, 0.1) is 6.04 Å². The molecular formula is C10H14N8S. The number of aryl methyl sites for hydroxylation is 1. The Labute approximate surface area is 114 Å². The molecule has 0 spiro atoms. The van der Waals surface area contributed by atoms with Crippen molar-refractivity contribution >= 4 is 17.6 Å². The monoisotopic (exact) mass is 278 g/mol. The predicted molar refractivity (Wildman–Crippen MR) is 69.4 cm³/mol. The maximum Gasteiger partial charge on any atom is 0.215 e. The third-order valence-corrected chi connectivity index (χ3v) is 3.63. The molecule has 100 valence electrons. The number of hydrogen-bond acceptors (Lipinski definition) is 8. The van der Waals surface area contributed by atoms with Crippen LogP contribution in [0.2, 0.25) is 0 Å². The zero-order valence-corrected chi connectivity index (χ0v) is 11.3. The van der Waals surface area contributed by atoms with Crippen LogP contribution in [0.25, 0.3) is 0 Å². The highest BCUT2D eigenvalue weighted by Gasteiger charge is 2.28. The molecule has 0 aliphatic heterocycles. The van der Waals surface area contributed by atoms with Crippen molar-refractivity contribution in [2.75, 3.05) is 5.43 Å². The lowest BCUT2D eigenvalue weighted by Gasteiger charge is -2.06. The first-order chi connectivity index (χ1) is 9.30. The number of nitrogen functional groups attached to an aromatic ring is 1. The van der Waals surface area contributed by atoms with Crippen LogP contribution in [0.5, 0.6) is 0 Å². The molecule has 0 radical (unpaired) electrons. The first kappa shape index (κ1) is 12.3. The van der Waals surface area contributed by atoms with E-state index in [1.54, 1.807) is 6.07 Å². The standard InChI is InChI=1S/C10H14N8S/c1-2-7-12-8(14-11)5-9(13-7)19-10-15-16-17-18(10)6-3-4-6/h5-6H,2-4,11H2,1H3,(H,12,13,14). The van der Waals surface area contributed by atoms with Gasteiger partial charge in [0.1, 0.15) is 16.7 Å². The molecule has 19 heavy (non-hydrogen) atoms. The average molecular weight is 278 g/mol. The Bertz CT molecular complexity index is 556. The molecule has 1 aliphatic carbocycles. The topological polar surface area (TPSA) is 107 Å². The number of tetrazole rings is 1. The summed E-state index contributed by atoms with van der Waals surface area (Å²) < 4.78 is 1.86. The molecule has 2 heterocycles. The summed E-state index contributed by atoms with van der Waals surface area (Å²) in [5.41, 5.74) is 2.55. The number of rotatable bonds is 5. The van der Waals surface area contributed by atoms with Gasteiger partial charge in [-0.3, -0.25) is 0 Å². The van der Waals surface area contributed by atoms with Crippen LogP contribution in [-0.2, 0) is 6.42 Å². The molecule has 0 unspecified atom stereocenters. The van der Waals surface area contributed by atoms with Crippen LogP contribution in [0.3, 0.4) is 0 Å². The molecule has 3 N–H and O–H groups in total. The molecular weight excluding hydrogens is 264 g/mol. The summed E-state index contributed by atoms with van der Waals surface area (Å²) in [5.74, 6) is 6.75. The molecule has 2 aromatic heterocycles. The number of hydrogen-bond donors (Lipinski definition) is 2. The number of nitrogens with one attached hydrogen (secondary N) is 1. The third kappa shape index (κ3) is 2.66. The Hall–Kier alpha value is -1.74. The average Bonchev–Trinajstić information content (AvgIpc) is 3.19. The van der Waals surface area contributed by atoms with Gasteiger partial charge in [0.15, 0.2) is 0 Å². The molecule has 8 nitrogen and oxygen atoms in total. The zero-order chi connectivity index (χ0) is 13.2. The van der Waals surface area contributed by atoms with Gasteiger partial charge in [0, 0.05) is 12.5 Å². The van der Waals surface area contributed by atoms with Crippen molar-refractivity contribution in [1.82, 2.24) is 30.2 Å². The molecule has 1 aliphatic rings. The molecule has 1 saturated carbocycles. The van der Waals surface area contributed by atoms with Gasteiger partial charge in [0.25, 0.3) is 0 Å². The lowest BCUT2D eigenvalue weighted by molar-refractivity contribution is 0.565. The lowest BCUT2D eigenvalue weighted by atomic mass is 10.4. The third-order valence-electron chi connectivity index (χ3n) is 2.76. The summed E-state index contributed by atoms with van der Waals surface area (Å²) in [6.45, 7) is 2.00. The first-order valence-electron chi connectivity index (χ1n) is 6.10. The summed E-state index contributed by atoms with van der Waals surface area (Å²) in [6, 6.07) is 2.23. The van der Waals surface area contributed by atoms with Crippen LogP contribution in [0.1, 0.15) is 31.6 Å². The zero-order valence-electron chi connectivity index (χ0n) is 10.4. The molecule has 0 atom stereocenters. The molecule has 1 fully saturated rings. The molecule has 2 aromatic rings. The van der Waals surface area contributed by atoms with Crippen LogP contribution in [-0.4, -0.2) is 30.2 Å². The highest BCUT2D eigenvalue weighted by Crippen LogP contribution is 2.37. The summed E-state index contributed by atoms with van der Waals surface area (Å²) in [4.78, 5) is 8.69. The summed E-state index contributed by atoms with van der Waals surface area (Å²) in [5, 5.41) is 13.3. The van der Waals surface area contributed by atoms with Crippen LogP contribution < -0.4 is 11.3 Å². The fraction of sp³-hybridized carbons (Fsp3) is 0.500. The largest absolute Gasteiger partial charge is 0.308 e. The molecule has 9 heteroatoms. The van der Waals surface area contributed by atoms with E-state index in [2.05, 4.69) is 30.9 Å². The van der Waals surface area contributed by atoms with E-state index >= 15 is 0 Å². The van der Waals surface area contributed by atoms with Gasteiger partial charge in [-0.25, -0.2) is 20.5 Å². The second-order valence-electron chi connectivity index (χ2n) is 4.24. The van der Waals surface area contributed by atoms with E-state index in [4.69, 9.17) is 5.84 Å². The summed E-state index contributed by atoms with van der Waals surface area (Å²) in [6.07, 6.45) is 3.02. The highest BCUT2D eigenvalue weighted by molar-refractivity contribution is 7.99. The van der Waals surface area contributed by atoms with E-state index in [1.807, 2.05) is 11.6 Å². The second kappa shape index (κ2) is 5.10. The molecule has 0 saturated heterocycles. The van der Waals surface area contributed by atoms with Gasteiger partial charge in [-0.05, 0) is 35.0 Å². The minimum atomic E-state index is 0.442. The minimum absolute atomic E-state index is 0.442. The number of anilines is 1. The SMILES string of the molecule is CCc1nc(NN)cc(Sc2nnnn2C2CC2)n1. The van der Waals surface area contributed by atoms with Gasteiger partial charge in [-0.15, -0.1) is 5.10 Å². The Balaban J connectivity index is 1.87. The van der Waals surface area contributed by atoms with Gasteiger partial charge in [-0.1, -0.05) is 6.92 Å². The molecule has 0 bridgehead atoms. The van der Waals surface area contributed by atoms with Gasteiger partial charge >= 0.3 is 0 Å². The van der Waals surface area contributed by atoms with Crippen LogP contribution in [0.4, 0.5) is 5.82 Å². The maximum absolute atomic E-state index is 5.41. The quantitative estimate of drug-likeness (QED) is 0.469. The first-order valence-corrected chi connectivity index (χ1v) is 6.92. The Morgan fingerprint density at radius 2 is 2.32 bits per heavy atom. The number of nitrogens with zero attached hydrogens (tertiary/aromatic N) is 6. The van der Waals surface area contributed by atoms with Gasteiger partial charge < -0.3 is 5.43 Å². The lowest BCUT2D eigenvalue weighted by Crippen LogP contribution is -2.10. The summed E-state index contributed by atoms with van der Waals surface area (Å²) >= 11 is 1.43. The van der Waals surface area contributed by atoms with E-state index in [9.17, 15) is 0 Å². The number of aromatic nitrogens is 6. The van der Waals surface area contributed by atoms with Crippen molar-refractivity contribution in [3.63, 3.8) is 0 Å². The highest BCUT2D eigenvalue weighted by atomic mass is 32.2. The molecule has 0 amide bonds. The fourth-order valence-electron chi connectivity index (χ4n) is 1.65. The number of hydrazine groups is 1. The number of nitrogens with two attached hydrogens (primary N) is 1. The van der Waals surface area contributed by atoms with E-state index in [0.717, 1.165) is 35.3 Å². The smallest absolute Gasteiger partial charge is 0.215 e. The minimum Gasteiger partial charge on any atom is -0.308 e. The van der Waals surface area contributed by atoms with Crippen LogP contribution >= 0.6 is 11.8 Å². The van der Waals surface area contributed by atoms with E-state index in [1.165, 1.54) is 11.8 Å². The van der Waals surface area contributed by atoms with E-state index < -0.39 is 0 Å². The van der Waals surface area contributed by atoms with E-state index in [0.29, 0.717) is 11.9 Å². The fourth-order valence-corrected chi connectivity index (χ4v) is 2.52. The molecule has 3 rings (SSSR count). The van der Waals surface area contributed by atoms with Crippen molar-refractivity contribution in [2.24, 2.45) is 5.84 Å². The van der Waals surface area contributed by atoms with Gasteiger partial charge in [-0.2, -0.15) is 0 Å². The van der Waals surface area contributed by atoms with Crippen molar-refractivity contribution in [3.8, 4) is 0 Å². The van der Waals surface area contributed by atoms with Crippen molar-refractivity contribution < 1.29 is 0 Å². The maximum atomic E-state index is 5.41. The van der Waals surface area contributed by atoms with Crippen molar-refractivity contribution in [1.29, 1.82) is 0 Å². The van der Waals surface area contributed by atoms with Crippen LogP contribution in [0.15, 0.2) is 16.2 Å². The summed E-state index contributed by atoms with van der Waals surface area (Å²) in [7, 11) is 0. The Morgan fingerprint density at radius 3 is 3.00 bits per heavy atom. The second-order valence-corrected chi connectivity index (χ2v) is 5.23. The molecule has 0 aromatic carbocycles. The van der Waals surface area contributed by atoms with E-state index in [-0.39, 0.29) is 0 Å². The van der Waals surface area contributed by atoms with Gasteiger partial charge in [0.2, 0.25) is 5.16 Å². The Kier molecular flexibility index (Phi) is 3.30. The van der Waals surface area contributed by atoms with Crippen molar-refractivity contribution in [3.05, 3.63) is 11.9 Å². The van der Waals surface area contributed by atoms with Crippen LogP contribution in [0, 0.1) is 0 Å². The predicted octanol–water partition coefficient (Wildman–Crippen LogP) is 0.797.